The van der Waals surface area contributed by atoms with Crippen LogP contribution in [0, 0.1) is 0 Å². The van der Waals surface area contributed by atoms with Crippen molar-refractivity contribution >= 4 is 44.8 Å². The predicted octanol–water partition coefficient (Wildman–Crippen LogP) is 5.10. The molecule has 2 amide bonds. The molecular formula is C32H27N7O2S. The Morgan fingerprint density at radius 1 is 0.881 bits per heavy atom. The normalized spacial score (nSPS) is 14.1. The highest BCUT2D eigenvalue weighted by molar-refractivity contribution is 7.15. The summed E-state index contributed by atoms with van der Waals surface area (Å²) in [6, 6.07) is 25.3. The molecule has 1 N–H and O–H groups in total. The predicted molar refractivity (Wildman–Crippen MR) is 163 cm³/mol. The lowest BCUT2D eigenvalue weighted by Crippen LogP contribution is -2.49. The van der Waals surface area contributed by atoms with E-state index >= 15 is 0 Å². The van der Waals surface area contributed by atoms with E-state index in [1.54, 1.807) is 0 Å². The maximum absolute atomic E-state index is 13.1. The standard InChI is InChI=1S/C32H27N7O2S/c40-30-20-37(17-22-8-2-1-3-9-22)14-15-38(30)18-23-21-42-32-36-29(19-39(23)32)24-10-4-5-11-25(24)35-31(41)28-16-33-26-12-6-7-13-27(26)34-28/h1-13,16,19,21H,14-15,17-18,20H2,(H,35,41). The largest absolute Gasteiger partial charge is 0.334 e. The van der Waals surface area contributed by atoms with E-state index in [9.17, 15) is 9.59 Å². The van der Waals surface area contributed by atoms with E-state index in [2.05, 4.69) is 37.7 Å². The number of hydrogen-bond donors (Lipinski definition) is 1. The molecule has 1 fully saturated rings. The number of fused-ring (bicyclic) bond motifs is 2. The molecule has 0 aliphatic carbocycles. The smallest absolute Gasteiger partial charge is 0.275 e. The molecule has 42 heavy (non-hydrogen) atoms. The molecule has 208 valence electrons. The Hall–Kier alpha value is -4.93. The summed E-state index contributed by atoms with van der Waals surface area (Å²) in [5.41, 5.74) is 6.03. The van der Waals surface area contributed by atoms with Gasteiger partial charge in [0, 0.05) is 36.8 Å². The number of aromatic nitrogens is 4. The molecular weight excluding hydrogens is 546 g/mol. The third-order valence-electron chi connectivity index (χ3n) is 7.42. The van der Waals surface area contributed by atoms with E-state index in [1.165, 1.54) is 23.1 Å². The van der Waals surface area contributed by atoms with Crippen LogP contribution in [0.3, 0.4) is 0 Å². The molecule has 6 aromatic rings. The summed E-state index contributed by atoms with van der Waals surface area (Å²) in [4.78, 5) is 44.8. The molecule has 9 nitrogen and oxygen atoms in total. The van der Waals surface area contributed by atoms with Gasteiger partial charge in [-0.05, 0) is 23.8 Å². The average molecular weight is 574 g/mol. The Labute approximate surface area is 246 Å². The van der Waals surface area contributed by atoms with Gasteiger partial charge in [0.1, 0.15) is 5.69 Å². The Bertz CT molecular complexity index is 1920. The van der Waals surface area contributed by atoms with Crippen LogP contribution in [0.25, 0.3) is 27.3 Å². The topological polar surface area (TPSA) is 95.7 Å². The Balaban J connectivity index is 1.07. The Kier molecular flexibility index (Phi) is 6.90. The van der Waals surface area contributed by atoms with E-state index < -0.39 is 0 Å². The number of anilines is 1. The fourth-order valence-electron chi connectivity index (χ4n) is 5.24. The van der Waals surface area contributed by atoms with Crippen LogP contribution >= 0.6 is 11.3 Å². The first-order valence-corrected chi connectivity index (χ1v) is 14.6. The summed E-state index contributed by atoms with van der Waals surface area (Å²) in [5, 5.41) is 5.05. The molecule has 4 heterocycles. The summed E-state index contributed by atoms with van der Waals surface area (Å²) < 4.78 is 2.04. The van der Waals surface area contributed by atoms with Gasteiger partial charge in [-0.15, -0.1) is 11.3 Å². The van der Waals surface area contributed by atoms with Crippen LogP contribution in [0.15, 0.2) is 96.6 Å². The molecule has 3 aromatic carbocycles. The van der Waals surface area contributed by atoms with Crippen molar-refractivity contribution in [2.24, 2.45) is 0 Å². The number of benzene rings is 3. The van der Waals surface area contributed by atoms with Crippen molar-refractivity contribution in [3.05, 3.63) is 114 Å². The van der Waals surface area contributed by atoms with Crippen LogP contribution in [0.2, 0.25) is 0 Å². The molecule has 0 saturated carbocycles. The maximum Gasteiger partial charge on any atom is 0.275 e. The zero-order valence-corrected chi connectivity index (χ0v) is 23.5. The Morgan fingerprint density at radius 2 is 1.67 bits per heavy atom. The molecule has 10 heteroatoms. The van der Waals surface area contributed by atoms with Crippen molar-refractivity contribution in [2.75, 3.05) is 25.0 Å². The number of piperazine rings is 1. The molecule has 0 unspecified atom stereocenters. The minimum atomic E-state index is -0.340. The minimum Gasteiger partial charge on any atom is -0.334 e. The lowest BCUT2D eigenvalue weighted by atomic mass is 10.1. The van der Waals surface area contributed by atoms with E-state index in [-0.39, 0.29) is 17.5 Å². The minimum absolute atomic E-state index is 0.127. The number of carbonyl (C=O) groups is 2. The van der Waals surface area contributed by atoms with Gasteiger partial charge in [-0.3, -0.25) is 23.9 Å². The number of amides is 2. The van der Waals surface area contributed by atoms with Gasteiger partial charge in [0.2, 0.25) is 5.91 Å². The number of imidazole rings is 1. The fraction of sp³-hybridized carbons (Fsp3) is 0.156. The van der Waals surface area contributed by atoms with Gasteiger partial charge in [0.25, 0.3) is 5.91 Å². The van der Waals surface area contributed by atoms with E-state index in [4.69, 9.17) is 4.98 Å². The van der Waals surface area contributed by atoms with Crippen molar-refractivity contribution in [2.45, 2.75) is 13.1 Å². The van der Waals surface area contributed by atoms with Crippen molar-refractivity contribution in [1.82, 2.24) is 29.2 Å². The number of carbonyl (C=O) groups excluding carboxylic acids is 2. The number of hydrogen-bond acceptors (Lipinski definition) is 7. The number of thiazole rings is 1. The summed E-state index contributed by atoms with van der Waals surface area (Å²) in [6.45, 7) is 3.21. The zero-order valence-electron chi connectivity index (χ0n) is 22.7. The van der Waals surface area contributed by atoms with Crippen molar-refractivity contribution in [3.8, 4) is 11.3 Å². The van der Waals surface area contributed by atoms with Crippen molar-refractivity contribution < 1.29 is 9.59 Å². The molecule has 0 radical (unpaired) electrons. The van der Waals surface area contributed by atoms with Crippen LogP contribution in [-0.2, 0) is 17.9 Å². The van der Waals surface area contributed by atoms with Crippen LogP contribution in [-0.4, -0.2) is 60.6 Å². The third kappa shape index (κ3) is 5.25. The molecule has 7 rings (SSSR count). The van der Waals surface area contributed by atoms with Crippen LogP contribution in [0.5, 0.6) is 0 Å². The second-order valence-corrected chi connectivity index (χ2v) is 11.1. The Morgan fingerprint density at radius 3 is 2.52 bits per heavy atom. The number of para-hydroxylation sites is 3. The lowest BCUT2D eigenvalue weighted by molar-refractivity contribution is -0.137. The van der Waals surface area contributed by atoms with Crippen LogP contribution in [0.1, 0.15) is 21.7 Å². The summed E-state index contributed by atoms with van der Waals surface area (Å²) in [5.74, 6) is -0.214. The second kappa shape index (κ2) is 11.2. The van der Waals surface area contributed by atoms with Gasteiger partial charge in [0.15, 0.2) is 4.96 Å². The first kappa shape index (κ1) is 26.0. The lowest BCUT2D eigenvalue weighted by Gasteiger charge is -2.34. The molecule has 0 atom stereocenters. The summed E-state index contributed by atoms with van der Waals surface area (Å²) in [7, 11) is 0. The van der Waals surface area contributed by atoms with Gasteiger partial charge in [-0.1, -0.05) is 60.7 Å². The fourth-order valence-corrected chi connectivity index (χ4v) is 6.10. The molecule has 1 aliphatic rings. The van der Waals surface area contributed by atoms with Crippen LogP contribution in [0.4, 0.5) is 5.69 Å². The monoisotopic (exact) mass is 573 g/mol. The molecule has 3 aromatic heterocycles. The van der Waals surface area contributed by atoms with Crippen molar-refractivity contribution in [1.29, 1.82) is 0 Å². The maximum atomic E-state index is 13.1. The molecule has 1 aliphatic heterocycles. The first-order valence-electron chi connectivity index (χ1n) is 13.7. The highest BCUT2D eigenvalue weighted by Crippen LogP contribution is 2.30. The molecule has 1 saturated heterocycles. The third-order valence-corrected chi connectivity index (χ3v) is 8.30. The quantitative estimate of drug-likeness (QED) is 0.286. The highest BCUT2D eigenvalue weighted by Gasteiger charge is 2.25. The highest BCUT2D eigenvalue weighted by atomic mass is 32.1. The molecule has 0 spiro atoms. The van der Waals surface area contributed by atoms with E-state index in [0.29, 0.717) is 30.8 Å². The van der Waals surface area contributed by atoms with E-state index in [0.717, 1.165) is 40.5 Å². The average Bonchev–Trinajstić information content (AvgIpc) is 3.61. The van der Waals surface area contributed by atoms with Gasteiger partial charge < -0.3 is 10.2 Å². The van der Waals surface area contributed by atoms with E-state index in [1.807, 2.05) is 82.2 Å². The molecule has 0 bridgehead atoms. The number of nitrogens with zero attached hydrogens (tertiary/aromatic N) is 6. The van der Waals surface area contributed by atoms with Gasteiger partial charge in [-0.25, -0.2) is 9.97 Å². The van der Waals surface area contributed by atoms with Gasteiger partial charge in [-0.2, -0.15) is 0 Å². The van der Waals surface area contributed by atoms with Crippen molar-refractivity contribution in [3.63, 3.8) is 0 Å². The van der Waals surface area contributed by atoms with Gasteiger partial charge in [0.05, 0.1) is 47.4 Å². The number of rotatable bonds is 7. The first-order chi connectivity index (χ1) is 20.6. The zero-order chi connectivity index (χ0) is 28.5. The summed E-state index contributed by atoms with van der Waals surface area (Å²) >= 11 is 1.54. The van der Waals surface area contributed by atoms with Gasteiger partial charge >= 0.3 is 0 Å². The number of nitrogens with one attached hydrogen (secondary N) is 1. The second-order valence-electron chi connectivity index (χ2n) is 10.3. The SMILES string of the molecule is O=C(Nc1ccccc1-c1cn2c(CN3CCN(Cc4ccccc4)CC3=O)csc2n1)c1cnc2ccccc2n1. The summed E-state index contributed by atoms with van der Waals surface area (Å²) in [6.07, 6.45) is 3.46. The van der Waals surface area contributed by atoms with Crippen LogP contribution < -0.4 is 5.32 Å².